The van der Waals surface area contributed by atoms with Gasteiger partial charge in [-0.1, -0.05) is 54.6 Å². The number of ether oxygens (including phenoxy) is 1. The molecule has 2 aromatic rings. The molecule has 2 rings (SSSR count). The molecule has 100 valence electrons. The predicted octanol–water partition coefficient (Wildman–Crippen LogP) is 3.12. The van der Waals surface area contributed by atoms with Gasteiger partial charge in [0.2, 0.25) is 0 Å². The van der Waals surface area contributed by atoms with E-state index in [0.717, 1.165) is 5.56 Å². The van der Waals surface area contributed by atoms with Crippen molar-refractivity contribution in [2.45, 2.75) is 26.1 Å². The molecule has 0 aromatic heterocycles. The second kappa shape index (κ2) is 7.07. The summed E-state index contributed by atoms with van der Waals surface area (Å²) < 4.78 is 5.54. The van der Waals surface area contributed by atoms with Crippen LogP contribution in [0.2, 0.25) is 0 Å². The van der Waals surface area contributed by atoms with E-state index in [1.54, 1.807) is 0 Å². The molecule has 0 saturated heterocycles. The second-order valence-corrected chi connectivity index (χ2v) is 4.79. The van der Waals surface area contributed by atoms with Crippen molar-refractivity contribution in [3.63, 3.8) is 0 Å². The van der Waals surface area contributed by atoms with E-state index in [2.05, 4.69) is 19.1 Å². The molecule has 19 heavy (non-hydrogen) atoms. The fourth-order valence-electron chi connectivity index (χ4n) is 2.04. The van der Waals surface area contributed by atoms with Crippen molar-refractivity contribution in [3.8, 4) is 0 Å². The Morgan fingerprint density at radius 2 is 1.68 bits per heavy atom. The van der Waals surface area contributed by atoms with Gasteiger partial charge in [0.05, 0.1) is 19.3 Å². The van der Waals surface area contributed by atoms with Gasteiger partial charge in [-0.15, -0.1) is 0 Å². The first kappa shape index (κ1) is 13.8. The predicted molar refractivity (Wildman–Crippen MR) is 77.0 cm³/mol. The average molecular weight is 256 g/mol. The van der Waals surface area contributed by atoms with Gasteiger partial charge < -0.3 is 9.84 Å². The molecule has 0 fully saturated rings. The molecular formula is C17H20O2. The van der Waals surface area contributed by atoms with Crippen molar-refractivity contribution in [2.24, 2.45) is 0 Å². The molecule has 0 aliphatic carbocycles. The van der Waals surface area contributed by atoms with Crippen LogP contribution < -0.4 is 0 Å². The maximum Gasteiger partial charge on any atom is 0.0814 e. The van der Waals surface area contributed by atoms with E-state index in [9.17, 15) is 5.11 Å². The van der Waals surface area contributed by atoms with Crippen molar-refractivity contribution in [3.05, 3.63) is 71.3 Å². The van der Waals surface area contributed by atoms with Crippen LogP contribution in [0.25, 0.3) is 0 Å². The number of rotatable bonds is 6. The van der Waals surface area contributed by atoms with Crippen LogP contribution in [0.15, 0.2) is 54.6 Å². The molecular weight excluding hydrogens is 236 g/mol. The lowest BCUT2D eigenvalue weighted by atomic mass is 10.0. The Morgan fingerprint density at radius 3 is 2.42 bits per heavy atom. The van der Waals surface area contributed by atoms with Crippen molar-refractivity contribution in [1.82, 2.24) is 0 Å². The lowest BCUT2D eigenvalue weighted by molar-refractivity contribution is 0.0288. The Labute approximate surface area is 114 Å². The first-order valence-electron chi connectivity index (χ1n) is 6.60. The molecule has 0 spiro atoms. The van der Waals surface area contributed by atoms with E-state index in [-0.39, 0.29) is 0 Å². The summed E-state index contributed by atoms with van der Waals surface area (Å²) in [6.45, 7) is 2.97. The molecule has 0 heterocycles. The van der Waals surface area contributed by atoms with Crippen LogP contribution in [0.5, 0.6) is 0 Å². The molecule has 0 aliphatic heterocycles. The summed E-state index contributed by atoms with van der Waals surface area (Å²) in [5, 5.41) is 9.98. The normalized spacial score (nSPS) is 12.3. The van der Waals surface area contributed by atoms with Crippen LogP contribution in [-0.2, 0) is 17.8 Å². The van der Waals surface area contributed by atoms with Crippen LogP contribution in [0, 0.1) is 6.92 Å². The van der Waals surface area contributed by atoms with Crippen molar-refractivity contribution in [2.75, 3.05) is 6.61 Å². The van der Waals surface area contributed by atoms with Gasteiger partial charge in [0.25, 0.3) is 0 Å². The lowest BCUT2D eigenvalue weighted by Crippen LogP contribution is -2.18. The summed E-state index contributed by atoms with van der Waals surface area (Å²) in [7, 11) is 0. The third-order valence-electron chi connectivity index (χ3n) is 3.14. The maximum absolute atomic E-state index is 9.98. The van der Waals surface area contributed by atoms with Crippen LogP contribution in [0.1, 0.15) is 16.7 Å². The van der Waals surface area contributed by atoms with Gasteiger partial charge in [0.1, 0.15) is 0 Å². The zero-order valence-electron chi connectivity index (χ0n) is 11.3. The molecule has 2 heteroatoms. The largest absolute Gasteiger partial charge is 0.390 e. The minimum absolute atomic E-state index is 0.364. The highest BCUT2D eigenvalue weighted by Crippen LogP contribution is 2.10. The third-order valence-corrected chi connectivity index (χ3v) is 3.14. The van der Waals surface area contributed by atoms with Crippen LogP contribution in [0.4, 0.5) is 0 Å². The van der Waals surface area contributed by atoms with E-state index in [0.29, 0.717) is 19.6 Å². The highest BCUT2D eigenvalue weighted by molar-refractivity contribution is 5.26. The lowest BCUT2D eigenvalue weighted by Gasteiger charge is -2.13. The molecule has 2 aromatic carbocycles. The van der Waals surface area contributed by atoms with Gasteiger partial charge >= 0.3 is 0 Å². The number of hydrogen-bond donors (Lipinski definition) is 1. The fraction of sp³-hybridized carbons (Fsp3) is 0.294. The Morgan fingerprint density at radius 1 is 1.00 bits per heavy atom. The first-order valence-corrected chi connectivity index (χ1v) is 6.60. The topological polar surface area (TPSA) is 29.5 Å². The third kappa shape index (κ3) is 4.51. The standard InChI is InChI=1S/C17H20O2/c1-14-7-5-6-10-16(14)11-17(18)13-19-12-15-8-3-2-4-9-15/h2-10,17-18H,11-13H2,1H3. The molecule has 0 aliphatic rings. The monoisotopic (exact) mass is 256 g/mol. The molecule has 0 radical (unpaired) electrons. The zero-order valence-corrected chi connectivity index (χ0v) is 11.3. The summed E-state index contributed by atoms with van der Waals surface area (Å²) in [4.78, 5) is 0. The zero-order chi connectivity index (χ0) is 13.5. The van der Waals surface area contributed by atoms with Gasteiger partial charge in [-0.25, -0.2) is 0 Å². The Kier molecular flexibility index (Phi) is 5.13. The number of hydrogen-bond acceptors (Lipinski definition) is 2. The van der Waals surface area contributed by atoms with Crippen LogP contribution >= 0.6 is 0 Å². The molecule has 0 amide bonds. The molecule has 1 atom stereocenters. The van der Waals surface area contributed by atoms with E-state index < -0.39 is 6.10 Å². The van der Waals surface area contributed by atoms with E-state index in [4.69, 9.17) is 4.74 Å². The van der Waals surface area contributed by atoms with Crippen LogP contribution in [-0.4, -0.2) is 17.8 Å². The van der Waals surface area contributed by atoms with E-state index >= 15 is 0 Å². The molecule has 1 unspecified atom stereocenters. The quantitative estimate of drug-likeness (QED) is 0.860. The van der Waals surface area contributed by atoms with Gasteiger partial charge in [-0.2, -0.15) is 0 Å². The van der Waals surface area contributed by atoms with Crippen LogP contribution in [0.3, 0.4) is 0 Å². The fourth-order valence-corrected chi connectivity index (χ4v) is 2.04. The minimum Gasteiger partial charge on any atom is -0.390 e. The van der Waals surface area contributed by atoms with Gasteiger partial charge in [-0.05, 0) is 23.6 Å². The van der Waals surface area contributed by atoms with Gasteiger partial charge in [0.15, 0.2) is 0 Å². The summed E-state index contributed by atoms with van der Waals surface area (Å²) in [5.41, 5.74) is 3.52. The molecule has 0 bridgehead atoms. The second-order valence-electron chi connectivity index (χ2n) is 4.79. The van der Waals surface area contributed by atoms with Crippen molar-refractivity contribution >= 4 is 0 Å². The summed E-state index contributed by atoms with van der Waals surface area (Å²) in [6, 6.07) is 18.1. The SMILES string of the molecule is Cc1ccccc1CC(O)COCc1ccccc1. The number of aliphatic hydroxyl groups excluding tert-OH is 1. The smallest absolute Gasteiger partial charge is 0.0814 e. The summed E-state index contributed by atoms with van der Waals surface area (Å²) >= 11 is 0. The number of benzene rings is 2. The summed E-state index contributed by atoms with van der Waals surface area (Å²) in [6.07, 6.45) is 0.186. The van der Waals surface area contributed by atoms with E-state index in [1.807, 2.05) is 42.5 Å². The highest BCUT2D eigenvalue weighted by atomic mass is 16.5. The molecule has 1 N–H and O–H groups in total. The first-order chi connectivity index (χ1) is 9.25. The van der Waals surface area contributed by atoms with Crippen molar-refractivity contribution < 1.29 is 9.84 Å². The Bertz CT molecular complexity index is 494. The van der Waals surface area contributed by atoms with Gasteiger partial charge in [0, 0.05) is 6.42 Å². The maximum atomic E-state index is 9.98. The van der Waals surface area contributed by atoms with Crippen molar-refractivity contribution in [1.29, 1.82) is 0 Å². The number of aliphatic hydroxyl groups is 1. The van der Waals surface area contributed by atoms with Gasteiger partial charge in [-0.3, -0.25) is 0 Å². The minimum atomic E-state index is -0.454. The Balaban J connectivity index is 1.76. The average Bonchev–Trinajstić information content (AvgIpc) is 2.43. The highest BCUT2D eigenvalue weighted by Gasteiger charge is 2.07. The Hall–Kier alpha value is -1.64. The number of aryl methyl sites for hydroxylation is 1. The van der Waals surface area contributed by atoms with E-state index in [1.165, 1.54) is 11.1 Å². The molecule has 2 nitrogen and oxygen atoms in total. The summed E-state index contributed by atoms with van der Waals surface area (Å²) in [5.74, 6) is 0. The molecule has 0 saturated carbocycles.